The molecule has 19 heavy (non-hydrogen) atoms. The fraction of sp³-hybridized carbons (Fsp3) is 0.750. The van der Waals surface area contributed by atoms with Crippen LogP contribution < -0.4 is 10.6 Å². The minimum atomic E-state index is -0.832. The van der Waals surface area contributed by atoms with Crippen molar-refractivity contribution in [2.24, 2.45) is 0 Å². The minimum Gasteiger partial charge on any atom is -0.359 e. The van der Waals surface area contributed by atoms with Crippen LogP contribution in [0.25, 0.3) is 0 Å². The van der Waals surface area contributed by atoms with Crippen LogP contribution in [0.2, 0.25) is 0 Å². The van der Waals surface area contributed by atoms with Crippen molar-refractivity contribution in [3.63, 3.8) is 0 Å². The zero-order valence-corrected chi connectivity index (χ0v) is 11.7. The van der Waals surface area contributed by atoms with Crippen molar-refractivity contribution in [1.29, 1.82) is 0 Å². The number of ether oxygens (including phenoxy) is 1. The molecule has 0 aromatic rings. The zero-order chi connectivity index (χ0) is 14.6. The summed E-state index contributed by atoms with van der Waals surface area (Å²) in [5, 5.41) is 5.36. The van der Waals surface area contributed by atoms with Gasteiger partial charge in [-0.05, 0) is 27.8 Å². The van der Waals surface area contributed by atoms with Crippen LogP contribution in [0.3, 0.4) is 0 Å². The van der Waals surface area contributed by atoms with Crippen molar-refractivity contribution in [3.8, 4) is 0 Å². The monoisotopic (exact) mass is 271 g/mol. The second kappa shape index (κ2) is 6.63. The molecular formula is C12H21N3O4. The molecule has 1 aliphatic heterocycles. The van der Waals surface area contributed by atoms with Crippen LogP contribution in [0.1, 0.15) is 27.2 Å². The van der Waals surface area contributed by atoms with Gasteiger partial charge in [-0.25, -0.2) is 0 Å². The van der Waals surface area contributed by atoms with Crippen LogP contribution >= 0.6 is 0 Å². The topological polar surface area (TPSA) is 87.7 Å². The highest BCUT2D eigenvalue weighted by atomic mass is 16.5. The summed E-state index contributed by atoms with van der Waals surface area (Å²) in [6, 6.07) is -1.37. The van der Waals surface area contributed by atoms with Gasteiger partial charge in [0.25, 0.3) is 0 Å². The molecular weight excluding hydrogens is 250 g/mol. The highest BCUT2D eigenvalue weighted by Crippen LogP contribution is 2.16. The highest BCUT2D eigenvalue weighted by molar-refractivity contribution is 6.08. The summed E-state index contributed by atoms with van der Waals surface area (Å²) >= 11 is 0. The maximum Gasteiger partial charge on any atom is 0.247 e. The number of amides is 3. The van der Waals surface area contributed by atoms with Crippen LogP contribution in [0.15, 0.2) is 0 Å². The van der Waals surface area contributed by atoms with Gasteiger partial charge < -0.3 is 15.4 Å². The van der Waals surface area contributed by atoms with Crippen LogP contribution in [-0.4, -0.2) is 54.6 Å². The molecule has 0 aliphatic carbocycles. The van der Waals surface area contributed by atoms with E-state index in [-0.39, 0.29) is 18.2 Å². The van der Waals surface area contributed by atoms with Gasteiger partial charge in [-0.15, -0.1) is 0 Å². The first-order chi connectivity index (χ1) is 8.92. The lowest BCUT2D eigenvalue weighted by molar-refractivity contribution is -0.147. The molecule has 1 heterocycles. The van der Waals surface area contributed by atoms with Gasteiger partial charge in [0.1, 0.15) is 12.3 Å². The number of likely N-dealkylation sites (tertiary alicyclic amines) is 1. The third-order valence-corrected chi connectivity index (χ3v) is 3.06. The lowest BCUT2D eigenvalue weighted by atomic mass is 10.2. The molecule has 1 rings (SSSR count). The Labute approximate surface area is 112 Å². The number of nitrogens with one attached hydrogen (secondary N) is 2. The van der Waals surface area contributed by atoms with E-state index in [1.807, 2.05) is 6.92 Å². The number of nitrogens with zero attached hydrogens (tertiary/aromatic N) is 1. The minimum absolute atomic E-state index is 0.0912. The van der Waals surface area contributed by atoms with Crippen molar-refractivity contribution >= 4 is 17.7 Å². The van der Waals surface area contributed by atoms with Gasteiger partial charge in [-0.2, -0.15) is 0 Å². The van der Waals surface area contributed by atoms with E-state index in [4.69, 9.17) is 4.74 Å². The Morgan fingerprint density at radius 3 is 2.58 bits per heavy atom. The first-order valence-corrected chi connectivity index (χ1v) is 6.37. The van der Waals surface area contributed by atoms with E-state index in [2.05, 4.69) is 10.6 Å². The zero-order valence-electron chi connectivity index (χ0n) is 11.7. The standard InChI is InChI=1S/C12H21N3O4/c1-5-19-8(3)14-11(17)7(2)15-10(16)6-9(13-4)12(15)18/h7-9,13H,5-6H2,1-4H3,(H,14,17). The molecule has 0 radical (unpaired) electrons. The Hall–Kier alpha value is -1.47. The van der Waals surface area contributed by atoms with Crippen LogP contribution in [0, 0.1) is 0 Å². The fourth-order valence-electron chi connectivity index (χ4n) is 2.01. The molecule has 0 bridgehead atoms. The number of hydrogen-bond donors (Lipinski definition) is 2. The van der Waals surface area contributed by atoms with Gasteiger partial charge in [-0.1, -0.05) is 0 Å². The summed E-state index contributed by atoms with van der Waals surface area (Å²) in [5.74, 6) is -1.10. The van der Waals surface area contributed by atoms with E-state index in [0.29, 0.717) is 6.61 Å². The maximum atomic E-state index is 11.9. The Morgan fingerprint density at radius 1 is 1.47 bits per heavy atom. The van der Waals surface area contributed by atoms with Crippen LogP contribution in [0.5, 0.6) is 0 Å². The first kappa shape index (κ1) is 15.6. The summed E-state index contributed by atoms with van der Waals surface area (Å²) in [6.45, 7) is 5.51. The molecule has 1 saturated heterocycles. The van der Waals surface area contributed by atoms with E-state index in [9.17, 15) is 14.4 Å². The fourth-order valence-corrected chi connectivity index (χ4v) is 2.01. The van der Waals surface area contributed by atoms with E-state index in [1.54, 1.807) is 14.0 Å². The molecule has 7 nitrogen and oxygen atoms in total. The summed E-state index contributed by atoms with van der Waals surface area (Å²) in [4.78, 5) is 36.7. The van der Waals surface area contributed by atoms with Gasteiger partial charge in [0.2, 0.25) is 17.7 Å². The Kier molecular flexibility index (Phi) is 5.44. The molecule has 1 fully saturated rings. The van der Waals surface area contributed by atoms with Gasteiger partial charge >= 0.3 is 0 Å². The average Bonchev–Trinajstić information content (AvgIpc) is 2.63. The molecule has 2 N–H and O–H groups in total. The second-order valence-electron chi connectivity index (χ2n) is 4.43. The number of rotatable bonds is 6. The lowest BCUT2D eigenvalue weighted by Crippen LogP contribution is -2.51. The summed E-state index contributed by atoms with van der Waals surface area (Å²) in [7, 11) is 1.61. The third-order valence-electron chi connectivity index (χ3n) is 3.06. The number of imide groups is 1. The molecule has 0 aromatic heterocycles. The molecule has 1 aliphatic rings. The van der Waals surface area contributed by atoms with Crippen molar-refractivity contribution in [1.82, 2.24) is 15.5 Å². The van der Waals surface area contributed by atoms with E-state index in [0.717, 1.165) is 4.90 Å². The van der Waals surface area contributed by atoms with Crippen LogP contribution in [-0.2, 0) is 19.1 Å². The number of carbonyl (C=O) groups is 3. The normalized spacial score (nSPS) is 22.5. The summed E-state index contributed by atoms with van der Waals surface area (Å²) in [5.41, 5.74) is 0. The second-order valence-corrected chi connectivity index (χ2v) is 4.43. The van der Waals surface area contributed by atoms with E-state index in [1.165, 1.54) is 6.92 Å². The number of likely N-dealkylation sites (N-methyl/N-ethyl adjacent to an activating group) is 1. The molecule has 3 amide bonds. The highest BCUT2D eigenvalue weighted by Gasteiger charge is 2.42. The molecule has 3 unspecified atom stereocenters. The quantitative estimate of drug-likeness (QED) is 0.489. The Bertz CT molecular complexity index is 372. The first-order valence-electron chi connectivity index (χ1n) is 6.37. The molecule has 0 spiro atoms. The van der Waals surface area contributed by atoms with Gasteiger partial charge in [-0.3, -0.25) is 19.3 Å². The van der Waals surface area contributed by atoms with Gasteiger partial charge in [0, 0.05) is 6.61 Å². The van der Waals surface area contributed by atoms with Crippen molar-refractivity contribution in [3.05, 3.63) is 0 Å². The molecule has 108 valence electrons. The Morgan fingerprint density at radius 2 is 2.11 bits per heavy atom. The summed E-state index contributed by atoms with van der Waals surface area (Å²) in [6.07, 6.45) is -0.360. The molecule has 0 saturated carbocycles. The molecule has 0 aromatic carbocycles. The number of hydrogen-bond acceptors (Lipinski definition) is 5. The smallest absolute Gasteiger partial charge is 0.247 e. The molecule has 7 heteroatoms. The predicted octanol–water partition coefficient (Wildman–Crippen LogP) is -0.779. The van der Waals surface area contributed by atoms with Gasteiger partial charge in [0.05, 0.1) is 12.5 Å². The largest absolute Gasteiger partial charge is 0.359 e. The van der Waals surface area contributed by atoms with Crippen molar-refractivity contribution < 1.29 is 19.1 Å². The average molecular weight is 271 g/mol. The Balaban J connectivity index is 2.66. The number of carbonyl (C=O) groups excluding carboxylic acids is 3. The third kappa shape index (κ3) is 3.51. The van der Waals surface area contributed by atoms with Gasteiger partial charge in [0.15, 0.2) is 0 Å². The van der Waals surface area contributed by atoms with E-state index >= 15 is 0 Å². The predicted molar refractivity (Wildman–Crippen MR) is 68.0 cm³/mol. The van der Waals surface area contributed by atoms with Crippen molar-refractivity contribution in [2.45, 2.75) is 45.5 Å². The maximum absolute atomic E-state index is 11.9. The van der Waals surface area contributed by atoms with Crippen LogP contribution in [0.4, 0.5) is 0 Å². The summed E-state index contributed by atoms with van der Waals surface area (Å²) < 4.78 is 5.19. The lowest BCUT2D eigenvalue weighted by Gasteiger charge is -2.24. The molecule has 3 atom stereocenters. The van der Waals surface area contributed by atoms with Crippen molar-refractivity contribution in [2.75, 3.05) is 13.7 Å². The van der Waals surface area contributed by atoms with E-state index < -0.39 is 24.2 Å². The SMILES string of the molecule is CCOC(C)NC(=O)C(C)N1C(=O)CC(NC)C1=O.